The summed E-state index contributed by atoms with van der Waals surface area (Å²) in [5.74, 6) is 0.738. The topological polar surface area (TPSA) is 31.2 Å². The van der Waals surface area contributed by atoms with Crippen LogP contribution < -0.4 is 4.74 Å². The van der Waals surface area contributed by atoms with Crippen molar-refractivity contribution in [2.75, 3.05) is 6.61 Å². The predicted molar refractivity (Wildman–Crippen MR) is 73.2 cm³/mol. The summed E-state index contributed by atoms with van der Waals surface area (Å²) < 4.78 is 7.33. The maximum atomic E-state index is 11.6. The number of ether oxygens (including phenoxy) is 1. The summed E-state index contributed by atoms with van der Waals surface area (Å²) in [5.41, 5.74) is 2.10. The summed E-state index contributed by atoms with van der Waals surface area (Å²) >= 11 is 0. The fraction of sp³-hybridized carbons (Fsp3) is 0.267. The molecule has 0 N–H and O–H groups in total. The molecular formula is C15H17NO2. The fourth-order valence-electron chi connectivity index (χ4n) is 1.82. The third kappa shape index (κ3) is 2.45. The molecule has 2 rings (SSSR count). The molecular weight excluding hydrogens is 226 g/mol. The van der Waals surface area contributed by atoms with Gasteiger partial charge in [-0.1, -0.05) is 17.7 Å². The molecule has 2 aromatic rings. The lowest BCUT2D eigenvalue weighted by molar-refractivity contribution is 0.0941. The molecule has 3 heteroatoms. The molecule has 0 saturated heterocycles. The minimum atomic E-state index is -0.0109. The molecule has 0 bridgehead atoms. The number of nitrogens with zero attached hydrogens (tertiary/aromatic N) is 1. The van der Waals surface area contributed by atoms with Gasteiger partial charge in [-0.3, -0.25) is 9.36 Å². The standard InChI is InChI=1S/C15H17NO2/c1-11(2)8-9-18-15-10-16(12(3)17)14-7-5-4-6-13(14)15/h4-8,10H,9H2,1-3H3. The van der Waals surface area contributed by atoms with E-state index in [1.165, 1.54) is 5.57 Å². The van der Waals surface area contributed by atoms with Crippen molar-refractivity contribution in [1.82, 2.24) is 4.57 Å². The van der Waals surface area contributed by atoms with Crippen LogP contribution in [0.2, 0.25) is 0 Å². The first-order chi connectivity index (χ1) is 8.59. The van der Waals surface area contributed by atoms with Gasteiger partial charge >= 0.3 is 0 Å². The van der Waals surface area contributed by atoms with Crippen LogP contribution >= 0.6 is 0 Å². The minimum Gasteiger partial charge on any atom is -0.487 e. The zero-order valence-corrected chi connectivity index (χ0v) is 10.9. The van der Waals surface area contributed by atoms with Crippen molar-refractivity contribution < 1.29 is 9.53 Å². The molecule has 0 unspecified atom stereocenters. The maximum Gasteiger partial charge on any atom is 0.228 e. The smallest absolute Gasteiger partial charge is 0.228 e. The molecule has 3 nitrogen and oxygen atoms in total. The van der Waals surface area contributed by atoms with Gasteiger partial charge < -0.3 is 4.74 Å². The summed E-state index contributed by atoms with van der Waals surface area (Å²) in [6.07, 6.45) is 3.77. The van der Waals surface area contributed by atoms with Crippen LogP contribution in [0.5, 0.6) is 5.75 Å². The van der Waals surface area contributed by atoms with Gasteiger partial charge in [0.15, 0.2) is 0 Å². The van der Waals surface area contributed by atoms with E-state index in [4.69, 9.17) is 4.74 Å². The van der Waals surface area contributed by atoms with Crippen LogP contribution in [0.25, 0.3) is 10.9 Å². The molecule has 0 fully saturated rings. The van der Waals surface area contributed by atoms with E-state index in [0.717, 1.165) is 16.7 Å². The van der Waals surface area contributed by atoms with Crippen molar-refractivity contribution in [1.29, 1.82) is 0 Å². The number of hydrogen-bond donors (Lipinski definition) is 0. The molecule has 1 aromatic heterocycles. The summed E-state index contributed by atoms with van der Waals surface area (Å²) in [6.45, 7) is 6.13. The number of para-hydroxylation sites is 1. The quantitative estimate of drug-likeness (QED) is 0.770. The summed E-state index contributed by atoms with van der Waals surface area (Å²) in [6, 6.07) is 7.75. The third-order valence-electron chi connectivity index (χ3n) is 2.75. The predicted octanol–water partition coefficient (Wildman–Crippen LogP) is 3.65. The Morgan fingerprint density at radius 3 is 2.67 bits per heavy atom. The van der Waals surface area contributed by atoms with Crippen molar-refractivity contribution in [2.45, 2.75) is 20.8 Å². The van der Waals surface area contributed by atoms with E-state index in [0.29, 0.717) is 6.61 Å². The number of fused-ring (bicyclic) bond motifs is 1. The first-order valence-corrected chi connectivity index (χ1v) is 5.97. The zero-order chi connectivity index (χ0) is 13.1. The largest absolute Gasteiger partial charge is 0.487 e. The average Bonchev–Trinajstić information content (AvgIpc) is 2.68. The number of benzene rings is 1. The molecule has 94 valence electrons. The molecule has 18 heavy (non-hydrogen) atoms. The summed E-state index contributed by atoms with van der Waals surface area (Å²) in [7, 11) is 0. The number of rotatable bonds is 3. The third-order valence-corrected chi connectivity index (χ3v) is 2.75. The van der Waals surface area contributed by atoms with E-state index >= 15 is 0 Å². The second-order valence-corrected chi connectivity index (χ2v) is 4.49. The summed E-state index contributed by atoms with van der Waals surface area (Å²) in [5, 5.41) is 0.967. The Labute approximate surface area is 107 Å². The maximum absolute atomic E-state index is 11.6. The van der Waals surface area contributed by atoms with E-state index < -0.39 is 0 Å². The molecule has 0 saturated carbocycles. The van der Waals surface area contributed by atoms with Gasteiger partial charge in [0.2, 0.25) is 5.91 Å². The van der Waals surface area contributed by atoms with Gasteiger partial charge in [0.05, 0.1) is 11.7 Å². The number of carbonyl (C=O) groups excluding carboxylic acids is 1. The van der Waals surface area contributed by atoms with E-state index in [2.05, 4.69) is 0 Å². The van der Waals surface area contributed by atoms with E-state index in [1.807, 2.05) is 44.2 Å². The van der Waals surface area contributed by atoms with Crippen molar-refractivity contribution >= 4 is 16.8 Å². The van der Waals surface area contributed by atoms with Crippen LogP contribution in [-0.4, -0.2) is 17.1 Å². The molecule has 0 spiro atoms. The first kappa shape index (κ1) is 12.4. The molecule has 0 aliphatic rings. The zero-order valence-electron chi connectivity index (χ0n) is 10.9. The van der Waals surface area contributed by atoms with Gasteiger partial charge in [-0.15, -0.1) is 0 Å². The highest BCUT2D eigenvalue weighted by Crippen LogP contribution is 2.27. The van der Waals surface area contributed by atoms with Gasteiger partial charge in [0, 0.05) is 12.3 Å². The van der Waals surface area contributed by atoms with Crippen LogP contribution in [0.1, 0.15) is 25.6 Å². The monoisotopic (exact) mass is 243 g/mol. The van der Waals surface area contributed by atoms with Crippen LogP contribution in [0, 0.1) is 0 Å². The molecule has 0 amide bonds. The lowest BCUT2D eigenvalue weighted by Crippen LogP contribution is -2.02. The van der Waals surface area contributed by atoms with Crippen molar-refractivity contribution in [2.24, 2.45) is 0 Å². The molecule has 1 aromatic carbocycles. The molecule has 0 radical (unpaired) electrons. The molecule has 1 heterocycles. The highest BCUT2D eigenvalue weighted by molar-refractivity contribution is 5.95. The van der Waals surface area contributed by atoms with Crippen molar-refractivity contribution in [3.05, 3.63) is 42.1 Å². The first-order valence-electron chi connectivity index (χ1n) is 5.97. The Morgan fingerprint density at radius 1 is 1.28 bits per heavy atom. The fourth-order valence-corrected chi connectivity index (χ4v) is 1.82. The van der Waals surface area contributed by atoms with Gasteiger partial charge in [-0.2, -0.15) is 0 Å². The SMILES string of the molecule is CC(=O)n1cc(OCC=C(C)C)c2ccccc21. The van der Waals surface area contributed by atoms with E-state index in [1.54, 1.807) is 17.7 Å². The van der Waals surface area contributed by atoms with E-state index in [-0.39, 0.29) is 5.91 Å². The minimum absolute atomic E-state index is 0.0109. The number of hydrogen-bond acceptors (Lipinski definition) is 2. The van der Waals surface area contributed by atoms with Crippen LogP contribution in [-0.2, 0) is 0 Å². The van der Waals surface area contributed by atoms with Crippen molar-refractivity contribution in [3.63, 3.8) is 0 Å². The average molecular weight is 243 g/mol. The Bertz CT molecular complexity index is 604. The van der Waals surface area contributed by atoms with Crippen LogP contribution in [0.3, 0.4) is 0 Å². The van der Waals surface area contributed by atoms with E-state index in [9.17, 15) is 4.79 Å². The van der Waals surface area contributed by atoms with Crippen molar-refractivity contribution in [3.8, 4) is 5.75 Å². The Hall–Kier alpha value is -2.03. The lowest BCUT2D eigenvalue weighted by atomic mass is 10.2. The van der Waals surface area contributed by atoms with Gasteiger partial charge in [-0.25, -0.2) is 0 Å². The Kier molecular flexibility index (Phi) is 3.51. The van der Waals surface area contributed by atoms with Gasteiger partial charge in [-0.05, 0) is 32.1 Å². The van der Waals surface area contributed by atoms with Crippen LogP contribution in [0.4, 0.5) is 0 Å². The Morgan fingerprint density at radius 2 is 2.00 bits per heavy atom. The lowest BCUT2D eigenvalue weighted by Gasteiger charge is -2.00. The summed E-state index contributed by atoms with van der Waals surface area (Å²) in [4.78, 5) is 11.6. The second-order valence-electron chi connectivity index (χ2n) is 4.49. The number of allylic oxidation sites excluding steroid dienone is 1. The number of aromatic nitrogens is 1. The van der Waals surface area contributed by atoms with Gasteiger partial charge in [0.1, 0.15) is 12.4 Å². The number of carbonyl (C=O) groups is 1. The van der Waals surface area contributed by atoms with Crippen LogP contribution in [0.15, 0.2) is 42.1 Å². The van der Waals surface area contributed by atoms with Gasteiger partial charge in [0.25, 0.3) is 0 Å². The highest BCUT2D eigenvalue weighted by atomic mass is 16.5. The normalized spacial score (nSPS) is 10.4. The molecule has 0 atom stereocenters. The molecule has 0 aliphatic carbocycles. The molecule has 0 aliphatic heterocycles. The highest BCUT2D eigenvalue weighted by Gasteiger charge is 2.10. The Balaban J connectivity index is 2.39. The second kappa shape index (κ2) is 5.08.